The number of esters is 1. The Kier molecular flexibility index (Phi) is 10.6. The monoisotopic (exact) mass is 316 g/mol. The first-order valence-corrected chi connectivity index (χ1v) is 10.6. The van der Waals surface area contributed by atoms with Crippen molar-refractivity contribution >= 4 is 14.5 Å². The minimum atomic E-state index is -2.30. The number of carbonyl (C=O) groups is 1. The van der Waals surface area contributed by atoms with E-state index in [-0.39, 0.29) is 0 Å². The molecule has 0 spiro atoms. The van der Waals surface area contributed by atoms with E-state index in [0.717, 1.165) is 31.7 Å². The van der Waals surface area contributed by atoms with Gasteiger partial charge in [-0.1, -0.05) is 46.6 Å². The zero-order valence-corrected chi connectivity index (χ0v) is 15.4. The van der Waals surface area contributed by atoms with Gasteiger partial charge in [-0.05, 0) is 25.9 Å². The van der Waals surface area contributed by atoms with E-state index in [1.165, 1.54) is 0 Å². The maximum Gasteiger partial charge on any atom is 0.337 e. The molecule has 0 N–H and O–H groups in total. The van der Waals surface area contributed by atoms with Crippen molar-refractivity contribution in [2.75, 3.05) is 6.61 Å². The van der Waals surface area contributed by atoms with E-state index in [2.05, 4.69) is 27.0 Å². The molecule has 0 aromatic carbocycles. The van der Waals surface area contributed by atoms with Gasteiger partial charge in [-0.25, -0.2) is 4.79 Å². The van der Waals surface area contributed by atoms with Crippen molar-refractivity contribution in [3.05, 3.63) is 12.2 Å². The molecule has 0 saturated heterocycles. The summed E-state index contributed by atoms with van der Waals surface area (Å²) in [7, 11) is -2.30. The summed E-state index contributed by atoms with van der Waals surface area (Å²) in [5.41, 5.74) is 0.394. The van der Waals surface area contributed by atoms with Gasteiger partial charge in [-0.15, -0.1) is 0 Å². The average Bonchev–Trinajstić information content (AvgIpc) is 2.39. The molecule has 0 aliphatic heterocycles. The van der Waals surface area contributed by atoms with Gasteiger partial charge in [0.2, 0.25) is 0 Å². The van der Waals surface area contributed by atoms with E-state index in [9.17, 15) is 4.79 Å². The van der Waals surface area contributed by atoms with Crippen LogP contribution >= 0.6 is 0 Å². The average molecular weight is 317 g/mol. The molecule has 0 bridgehead atoms. The van der Waals surface area contributed by atoms with Crippen molar-refractivity contribution in [1.82, 2.24) is 0 Å². The van der Waals surface area contributed by atoms with Crippen LogP contribution in [0.5, 0.6) is 0 Å². The minimum Gasteiger partial charge on any atom is -0.433 e. The van der Waals surface area contributed by atoms with Gasteiger partial charge in [0.1, 0.15) is 0 Å². The molecule has 4 nitrogen and oxygen atoms in total. The first-order chi connectivity index (χ1) is 9.88. The summed E-state index contributed by atoms with van der Waals surface area (Å²) < 4.78 is 17.5. The van der Waals surface area contributed by atoms with Gasteiger partial charge in [0, 0.05) is 18.6 Å². The third kappa shape index (κ3) is 9.06. The Labute approximate surface area is 131 Å². The van der Waals surface area contributed by atoms with Gasteiger partial charge >= 0.3 is 14.5 Å². The SMILES string of the molecule is C=C(C)C(=O)OC(CCC)O[Si](C)(CCC)OCCCC. The maximum absolute atomic E-state index is 11.7. The molecule has 0 heterocycles. The number of ether oxygens (including phenoxy) is 1. The summed E-state index contributed by atoms with van der Waals surface area (Å²) in [6.45, 7) is 14.3. The van der Waals surface area contributed by atoms with Crippen LogP contribution in [-0.4, -0.2) is 27.4 Å². The summed E-state index contributed by atoms with van der Waals surface area (Å²) >= 11 is 0. The Morgan fingerprint density at radius 3 is 2.33 bits per heavy atom. The van der Waals surface area contributed by atoms with Crippen molar-refractivity contribution in [2.24, 2.45) is 0 Å². The van der Waals surface area contributed by atoms with Crippen LogP contribution in [0.2, 0.25) is 12.6 Å². The molecule has 5 heteroatoms. The molecule has 0 aromatic rings. The van der Waals surface area contributed by atoms with Crippen molar-refractivity contribution in [1.29, 1.82) is 0 Å². The Morgan fingerprint density at radius 1 is 1.19 bits per heavy atom. The van der Waals surface area contributed by atoms with E-state index in [4.69, 9.17) is 13.6 Å². The summed E-state index contributed by atoms with van der Waals surface area (Å²) in [6.07, 6.45) is 4.17. The van der Waals surface area contributed by atoms with Crippen LogP contribution in [-0.2, 0) is 18.4 Å². The number of rotatable bonds is 12. The van der Waals surface area contributed by atoms with Gasteiger partial charge < -0.3 is 13.6 Å². The largest absolute Gasteiger partial charge is 0.433 e. The van der Waals surface area contributed by atoms with E-state index in [1.54, 1.807) is 6.92 Å². The fraction of sp³-hybridized carbons (Fsp3) is 0.812. The Hall–Kier alpha value is -0.653. The fourth-order valence-corrected chi connectivity index (χ4v) is 4.46. The number of hydrogen-bond donors (Lipinski definition) is 0. The van der Waals surface area contributed by atoms with Crippen LogP contribution in [0.1, 0.15) is 59.8 Å². The lowest BCUT2D eigenvalue weighted by Gasteiger charge is -2.31. The smallest absolute Gasteiger partial charge is 0.337 e. The lowest BCUT2D eigenvalue weighted by molar-refractivity contribution is -0.163. The van der Waals surface area contributed by atoms with E-state index >= 15 is 0 Å². The second kappa shape index (κ2) is 11.0. The number of hydrogen-bond acceptors (Lipinski definition) is 4. The highest BCUT2D eigenvalue weighted by molar-refractivity contribution is 6.66. The Balaban J connectivity index is 4.70. The van der Waals surface area contributed by atoms with Crippen molar-refractivity contribution < 1.29 is 18.4 Å². The van der Waals surface area contributed by atoms with Crippen molar-refractivity contribution in [3.8, 4) is 0 Å². The van der Waals surface area contributed by atoms with Crippen LogP contribution in [0.25, 0.3) is 0 Å². The number of carbonyl (C=O) groups excluding carboxylic acids is 1. The highest BCUT2D eigenvalue weighted by Crippen LogP contribution is 2.21. The van der Waals surface area contributed by atoms with E-state index in [0.29, 0.717) is 18.6 Å². The molecule has 0 saturated carbocycles. The van der Waals surface area contributed by atoms with Crippen LogP contribution in [0.4, 0.5) is 0 Å². The molecular formula is C16H32O4Si. The molecule has 0 fully saturated rings. The normalized spacial score (nSPS) is 15.3. The van der Waals surface area contributed by atoms with Gasteiger partial charge in [-0.3, -0.25) is 0 Å². The molecule has 0 amide bonds. The van der Waals surface area contributed by atoms with Gasteiger partial charge in [0.15, 0.2) is 6.29 Å². The second-order valence-electron chi connectivity index (χ2n) is 5.61. The predicted octanol–water partition coefficient (Wildman–Crippen LogP) is 4.55. The Morgan fingerprint density at radius 2 is 1.86 bits per heavy atom. The first kappa shape index (κ1) is 20.3. The summed E-state index contributed by atoms with van der Waals surface area (Å²) in [4.78, 5) is 11.7. The second-order valence-corrected chi connectivity index (χ2v) is 8.90. The first-order valence-electron chi connectivity index (χ1n) is 8.06. The predicted molar refractivity (Wildman–Crippen MR) is 88.3 cm³/mol. The molecule has 0 aromatic heterocycles. The van der Waals surface area contributed by atoms with E-state index in [1.807, 2.05) is 6.92 Å². The standard InChI is InChI=1S/C16H32O4Si/c1-7-10-12-18-21(6,13-9-3)20-15(11-8-2)19-16(17)14(4)5/h15H,4,7-13H2,1-3,5-6H3. The molecule has 0 aliphatic carbocycles. The van der Waals surface area contributed by atoms with Crippen LogP contribution < -0.4 is 0 Å². The highest BCUT2D eigenvalue weighted by Gasteiger charge is 2.34. The minimum absolute atomic E-state index is 0.394. The maximum atomic E-state index is 11.7. The molecule has 2 unspecified atom stereocenters. The van der Waals surface area contributed by atoms with E-state index < -0.39 is 20.8 Å². The molecule has 0 rings (SSSR count). The highest BCUT2D eigenvalue weighted by atomic mass is 28.4. The zero-order valence-electron chi connectivity index (χ0n) is 14.4. The molecule has 0 radical (unpaired) electrons. The third-order valence-corrected chi connectivity index (χ3v) is 6.09. The van der Waals surface area contributed by atoms with Crippen LogP contribution in [0, 0.1) is 0 Å². The van der Waals surface area contributed by atoms with Crippen LogP contribution in [0.15, 0.2) is 12.2 Å². The van der Waals surface area contributed by atoms with Crippen molar-refractivity contribution in [2.45, 2.75) is 78.7 Å². The van der Waals surface area contributed by atoms with Gasteiger partial charge in [0.05, 0.1) is 0 Å². The molecule has 124 valence electrons. The fourth-order valence-electron chi connectivity index (χ4n) is 1.93. The molecule has 0 aliphatic rings. The number of unbranched alkanes of at least 4 members (excludes halogenated alkanes) is 1. The van der Waals surface area contributed by atoms with Crippen molar-refractivity contribution in [3.63, 3.8) is 0 Å². The summed E-state index contributed by atoms with van der Waals surface area (Å²) in [5.74, 6) is -0.394. The lowest BCUT2D eigenvalue weighted by atomic mass is 10.3. The Bertz CT molecular complexity index is 319. The van der Waals surface area contributed by atoms with Gasteiger partial charge in [0.25, 0.3) is 0 Å². The topological polar surface area (TPSA) is 44.8 Å². The van der Waals surface area contributed by atoms with Gasteiger partial charge in [-0.2, -0.15) is 0 Å². The molecule has 21 heavy (non-hydrogen) atoms. The summed E-state index contributed by atoms with van der Waals surface area (Å²) in [5, 5.41) is 0. The zero-order chi connectivity index (χ0) is 16.3. The molecular weight excluding hydrogens is 284 g/mol. The molecule has 2 atom stereocenters. The lowest BCUT2D eigenvalue weighted by Crippen LogP contribution is -2.43. The quantitative estimate of drug-likeness (QED) is 0.174. The summed E-state index contributed by atoms with van der Waals surface area (Å²) in [6, 6.07) is 0.904. The third-order valence-electron chi connectivity index (χ3n) is 3.10. The van der Waals surface area contributed by atoms with Crippen LogP contribution in [0.3, 0.4) is 0 Å².